The molecule has 0 spiro atoms. The number of nitrogens with one attached hydrogen (secondary N) is 1. The van der Waals surface area contributed by atoms with Gasteiger partial charge in [0.15, 0.2) is 0 Å². The van der Waals surface area contributed by atoms with Crippen molar-refractivity contribution in [3.05, 3.63) is 29.3 Å². The van der Waals surface area contributed by atoms with Crippen molar-refractivity contribution in [2.45, 2.75) is 44.6 Å². The monoisotopic (exact) mass is 272 g/mol. The van der Waals surface area contributed by atoms with Gasteiger partial charge in [0, 0.05) is 5.56 Å². The van der Waals surface area contributed by atoms with Gasteiger partial charge >= 0.3 is 0 Å². The Morgan fingerprint density at radius 3 is 2.65 bits per heavy atom. The summed E-state index contributed by atoms with van der Waals surface area (Å²) >= 11 is 0. The van der Waals surface area contributed by atoms with Crippen LogP contribution in [0.3, 0.4) is 0 Å². The molecule has 1 aromatic carbocycles. The van der Waals surface area contributed by atoms with Crippen LogP contribution in [0.25, 0.3) is 0 Å². The summed E-state index contributed by atoms with van der Waals surface area (Å²) in [5.74, 6) is 0.485. The van der Waals surface area contributed by atoms with E-state index in [-0.39, 0.29) is 5.91 Å². The molecule has 106 valence electrons. The molecule has 1 fully saturated rings. The zero-order valence-electron chi connectivity index (χ0n) is 12.0. The van der Waals surface area contributed by atoms with Crippen molar-refractivity contribution >= 4 is 5.91 Å². The van der Waals surface area contributed by atoms with Gasteiger partial charge in [-0.2, -0.15) is 5.26 Å². The zero-order valence-corrected chi connectivity index (χ0v) is 12.0. The summed E-state index contributed by atoms with van der Waals surface area (Å²) in [5, 5.41) is 12.3. The molecule has 0 atom stereocenters. The SMILES string of the molecule is COc1cc(C(=O)NC2(C#N)CCCCC2)ccc1C. The number of ether oxygens (including phenoxy) is 1. The number of amides is 1. The van der Waals surface area contributed by atoms with Gasteiger partial charge in [-0.15, -0.1) is 0 Å². The fourth-order valence-electron chi connectivity index (χ4n) is 2.67. The summed E-state index contributed by atoms with van der Waals surface area (Å²) in [6, 6.07) is 7.64. The van der Waals surface area contributed by atoms with Gasteiger partial charge in [-0.1, -0.05) is 25.3 Å². The van der Waals surface area contributed by atoms with Crippen molar-refractivity contribution < 1.29 is 9.53 Å². The van der Waals surface area contributed by atoms with Crippen molar-refractivity contribution in [1.82, 2.24) is 5.32 Å². The van der Waals surface area contributed by atoms with Crippen LogP contribution in [0.4, 0.5) is 0 Å². The molecule has 0 aromatic heterocycles. The van der Waals surface area contributed by atoms with Gasteiger partial charge in [0.1, 0.15) is 11.3 Å². The van der Waals surface area contributed by atoms with E-state index in [0.29, 0.717) is 11.3 Å². The van der Waals surface area contributed by atoms with Crippen molar-refractivity contribution in [2.24, 2.45) is 0 Å². The lowest BCUT2D eigenvalue weighted by atomic mass is 9.82. The fourth-order valence-corrected chi connectivity index (χ4v) is 2.67. The van der Waals surface area contributed by atoms with Gasteiger partial charge < -0.3 is 10.1 Å². The molecule has 0 bridgehead atoms. The second kappa shape index (κ2) is 5.96. The van der Waals surface area contributed by atoms with Gasteiger partial charge in [-0.25, -0.2) is 0 Å². The van der Waals surface area contributed by atoms with Gasteiger partial charge in [-0.05, 0) is 37.5 Å². The topological polar surface area (TPSA) is 62.1 Å². The van der Waals surface area contributed by atoms with Crippen molar-refractivity contribution in [2.75, 3.05) is 7.11 Å². The van der Waals surface area contributed by atoms with Crippen LogP contribution >= 0.6 is 0 Å². The standard InChI is InChI=1S/C16H20N2O2/c1-12-6-7-13(10-14(12)20-2)15(19)18-16(11-17)8-4-3-5-9-16/h6-7,10H,3-5,8-9H2,1-2H3,(H,18,19). The van der Waals surface area contributed by atoms with E-state index in [1.165, 1.54) is 0 Å². The van der Waals surface area contributed by atoms with Crippen LogP contribution in [0.15, 0.2) is 18.2 Å². The van der Waals surface area contributed by atoms with Crippen molar-refractivity contribution in [1.29, 1.82) is 5.26 Å². The minimum atomic E-state index is -0.701. The number of benzene rings is 1. The summed E-state index contributed by atoms with van der Waals surface area (Å²) in [6.07, 6.45) is 4.59. The maximum absolute atomic E-state index is 12.3. The van der Waals surface area contributed by atoms with Crippen LogP contribution < -0.4 is 10.1 Å². The first-order valence-corrected chi connectivity index (χ1v) is 6.99. The number of nitrogens with zero attached hydrogens (tertiary/aromatic N) is 1. The molecule has 1 aliphatic rings. The van der Waals surface area contributed by atoms with Crippen LogP contribution in [0.5, 0.6) is 5.75 Å². The number of hydrogen-bond acceptors (Lipinski definition) is 3. The van der Waals surface area contributed by atoms with Gasteiger partial charge in [-0.3, -0.25) is 4.79 Å². The lowest BCUT2D eigenvalue weighted by Crippen LogP contribution is -2.48. The molecule has 2 rings (SSSR count). The third-order valence-electron chi connectivity index (χ3n) is 3.94. The molecule has 1 aliphatic carbocycles. The highest BCUT2D eigenvalue weighted by molar-refractivity contribution is 5.95. The first-order valence-electron chi connectivity index (χ1n) is 6.99. The van der Waals surface area contributed by atoms with E-state index in [9.17, 15) is 10.1 Å². The largest absolute Gasteiger partial charge is 0.496 e. The van der Waals surface area contributed by atoms with Crippen molar-refractivity contribution in [3.8, 4) is 11.8 Å². The highest BCUT2D eigenvalue weighted by atomic mass is 16.5. The average Bonchev–Trinajstić information content (AvgIpc) is 2.48. The molecule has 1 N–H and O–H groups in total. The predicted molar refractivity (Wildman–Crippen MR) is 76.6 cm³/mol. The Bertz CT molecular complexity index is 540. The molecule has 1 aromatic rings. The maximum Gasteiger partial charge on any atom is 0.252 e. The molecule has 1 saturated carbocycles. The molecular formula is C16H20N2O2. The lowest BCUT2D eigenvalue weighted by Gasteiger charge is -2.31. The summed E-state index contributed by atoms with van der Waals surface area (Å²) < 4.78 is 5.23. The molecule has 4 heteroatoms. The number of carbonyl (C=O) groups is 1. The van der Waals surface area contributed by atoms with Crippen LogP contribution in [-0.2, 0) is 0 Å². The Kier molecular flexibility index (Phi) is 4.29. The molecule has 0 unspecified atom stereocenters. The summed E-state index contributed by atoms with van der Waals surface area (Å²) in [6.45, 7) is 1.93. The van der Waals surface area contributed by atoms with Gasteiger partial charge in [0.25, 0.3) is 5.91 Å². The fraction of sp³-hybridized carbons (Fsp3) is 0.500. The third kappa shape index (κ3) is 2.93. The molecule has 0 aliphatic heterocycles. The second-order valence-electron chi connectivity index (χ2n) is 5.39. The van der Waals surface area contributed by atoms with E-state index in [2.05, 4.69) is 11.4 Å². The first-order chi connectivity index (χ1) is 9.60. The normalized spacial score (nSPS) is 17.1. The first kappa shape index (κ1) is 14.4. The molecule has 0 heterocycles. The molecular weight excluding hydrogens is 252 g/mol. The maximum atomic E-state index is 12.3. The van der Waals surface area contributed by atoms with E-state index < -0.39 is 5.54 Å². The second-order valence-corrected chi connectivity index (χ2v) is 5.39. The Morgan fingerprint density at radius 1 is 1.35 bits per heavy atom. The van der Waals surface area contributed by atoms with Crippen LogP contribution in [0, 0.1) is 18.3 Å². The summed E-state index contributed by atoms with van der Waals surface area (Å²) in [4.78, 5) is 12.3. The summed E-state index contributed by atoms with van der Waals surface area (Å²) in [5.41, 5.74) is 0.817. The number of aryl methyl sites for hydroxylation is 1. The number of hydrogen-bond donors (Lipinski definition) is 1. The van der Waals surface area contributed by atoms with Gasteiger partial charge in [0.05, 0.1) is 13.2 Å². The number of rotatable bonds is 3. The predicted octanol–water partition coefficient (Wildman–Crippen LogP) is 2.96. The Labute approximate surface area is 119 Å². The highest BCUT2D eigenvalue weighted by Crippen LogP contribution is 2.28. The number of methoxy groups -OCH3 is 1. The Balaban J connectivity index is 2.17. The number of nitriles is 1. The third-order valence-corrected chi connectivity index (χ3v) is 3.94. The molecule has 0 radical (unpaired) electrons. The van der Waals surface area contributed by atoms with Crippen LogP contribution in [0.1, 0.15) is 48.0 Å². The number of carbonyl (C=O) groups excluding carboxylic acids is 1. The van der Waals surface area contributed by atoms with E-state index >= 15 is 0 Å². The van der Waals surface area contributed by atoms with E-state index in [0.717, 1.165) is 37.7 Å². The Morgan fingerprint density at radius 2 is 2.05 bits per heavy atom. The molecule has 1 amide bonds. The molecule has 0 saturated heterocycles. The van der Waals surface area contributed by atoms with Crippen LogP contribution in [0.2, 0.25) is 0 Å². The minimum absolute atomic E-state index is 0.202. The quantitative estimate of drug-likeness (QED) is 0.920. The smallest absolute Gasteiger partial charge is 0.252 e. The Hall–Kier alpha value is -2.02. The van der Waals surface area contributed by atoms with E-state index in [4.69, 9.17) is 4.74 Å². The van der Waals surface area contributed by atoms with E-state index in [1.807, 2.05) is 13.0 Å². The van der Waals surface area contributed by atoms with Crippen molar-refractivity contribution in [3.63, 3.8) is 0 Å². The zero-order chi connectivity index (χ0) is 14.6. The lowest BCUT2D eigenvalue weighted by molar-refractivity contribution is 0.0902. The average molecular weight is 272 g/mol. The highest BCUT2D eigenvalue weighted by Gasteiger charge is 2.33. The van der Waals surface area contributed by atoms with E-state index in [1.54, 1.807) is 19.2 Å². The van der Waals surface area contributed by atoms with Gasteiger partial charge in [0.2, 0.25) is 0 Å². The molecule has 4 nitrogen and oxygen atoms in total. The summed E-state index contributed by atoms with van der Waals surface area (Å²) in [7, 11) is 1.59. The molecule has 20 heavy (non-hydrogen) atoms. The minimum Gasteiger partial charge on any atom is -0.496 e. The van der Waals surface area contributed by atoms with Crippen LogP contribution in [-0.4, -0.2) is 18.6 Å².